The Morgan fingerprint density at radius 2 is 1.60 bits per heavy atom. The second kappa shape index (κ2) is 4.30. The number of carbonyl (C=O) groups is 3. The summed E-state index contributed by atoms with van der Waals surface area (Å²) in [5.74, 6) is -1.74. The first-order chi connectivity index (χ1) is 9.53. The van der Waals surface area contributed by atoms with Crippen molar-refractivity contribution in [3.63, 3.8) is 0 Å². The smallest absolute Gasteiger partial charge is 0.329 e. The molecule has 0 unspecified atom stereocenters. The van der Waals surface area contributed by atoms with Gasteiger partial charge in [-0.15, -0.1) is 0 Å². The number of hydrogen-bond donors (Lipinski definition) is 0. The van der Waals surface area contributed by atoms with Gasteiger partial charge in [0.2, 0.25) is 0 Å². The van der Waals surface area contributed by atoms with E-state index in [0.717, 1.165) is 0 Å². The molecule has 1 aromatic rings. The number of nitrogens with zero attached hydrogens (tertiary/aromatic N) is 1. The first kappa shape index (κ1) is 12.6. The highest BCUT2D eigenvalue weighted by molar-refractivity contribution is 6.20. The highest BCUT2D eigenvalue weighted by atomic mass is 16.7. The Labute approximate surface area is 115 Å². The maximum atomic E-state index is 12.2. The van der Waals surface area contributed by atoms with Crippen molar-refractivity contribution in [2.45, 2.75) is 19.8 Å². The van der Waals surface area contributed by atoms with Crippen LogP contribution in [0.15, 0.2) is 36.4 Å². The molecule has 102 valence electrons. The zero-order valence-electron chi connectivity index (χ0n) is 11.0. The van der Waals surface area contributed by atoms with Gasteiger partial charge in [0.05, 0.1) is 16.5 Å². The van der Waals surface area contributed by atoms with Crippen molar-refractivity contribution in [3.05, 3.63) is 47.5 Å². The maximum Gasteiger partial charge on any atom is 0.339 e. The summed E-state index contributed by atoms with van der Waals surface area (Å²) < 4.78 is 0. The van der Waals surface area contributed by atoms with Crippen molar-refractivity contribution in [3.8, 4) is 0 Å². The van der Waals surface area contributed by atoms with Crippen LogP contribution in [0.4, 0.5) is 0 Å². The van der Waals surface area contributed by atoms with Crippen LogP contribution in [0, 0.1) is 5.41 Å². The van der Waals surface area contributed by atoms with Crippen LogP contribution in [-0.4, -0.2) is 22.8 Å². The quantitative estimate of drug-likeness (QED) is 0.610. The number of allylic oxidation sites excluding steroid dienone is 2. The molecule has 1 aromatic carbocycles. The van der Waals surface area contributed by atoms with E-state index in [0.29, 0.717) is 17.9 Å². The van der Waals surface area contributed by atoms with Gasteiger partial charge < -0.3 is 4.84 Å². The number of hydroxylamine groups is 2. The fraction of sp³-hybridized carbons (Fsp3) is 0.267. The number of fused-ring (bicyclic) bond motifs is 1. The SMILES string of the molecule is CC1(C(=O)ON2C(=O)c3ccccc3C2=O)CC=CC1. The molecule has 1 heterocycles. The Hall–Kier alpha value is -2.43. The van der Waals surface area contributed by atoms with Crippen LogP contribution in [0.1, 0.15) is 40.5 Å². The van der Waals surface area contributed by atoms with E-state index in [1.165, 1.54) is 0 Å². The minimum absolute atomic E-state index is 0.264. The van der Waals surface area contributed by atoms with E-state index in [1.54, 1.807) is 31.2 Å². The summed E-state index contributed by atoms with van der Waals surface area (Å²) in [6, 6.07) is 6.42. The number of imide groups is 1. The average molecular weight is 271 g/mol. The van der Waals surface area contributed by atoms with Crippen LogP contribution >= 0.6 is 0 Å². The monoisotopic (exact) mass is 271 g/mol. The van der Waals surface area contributed by atoms with Crippen molar-refractivity contribution < 1.29 is 19.2 Å². The summed E-state index contributed by atoms with van der Waals surface area (Å²) in [6.45, 7) is 1.76. The summed E-state index contributed by atoms with van der Waals surface area (Å²) in [6.07, 6.45) is 4.89. The van der Waals surface area contributed by atoms with Gasteiger partial charge in [-0.1, -0.05) is 29.3 Å². The van der Waals surface area contributed by atoms with Crippen molar-refractivity contribution in [2.24, 2.45) is 5.41 Å². The molecule has 20 heavy (non-hydrogen) atoms. The Morgan fingerprint density at radius 3 is 2.10 bits per heavy atom. The molecule has 0 aromatic heterocycles. The third-order valence-electron chi connectivity index (χ3n) is 3.73. The topological polar surface area (TPSA) is 63.7 Å². The number of benzene rings is 1. The van der Waals surface area contributed by atoms with Gasteiger partial charge in [-0.05, 0) is 31.9 Å². The number of rotatable bonds is 2. The molecule has 2 aliphatic rings. The Kier molecular flexibility index (Phi) is 2.71. The van der Waals surface area contributed by atoms with Crippen LogP contribution in [0.2, 0.25) is 0 Å². The van der Waals surface area contributed by atoms with Crippen molar-refractivity contribution >= 4 is 17.8 Å². The Morgan fingerprint density at radius 1 is 1.10 bits per heavy atom. The fourth-order valence-electron chi connectivity index (χ4n) is 2.38. The largest absolute Gasteiger partial charge is 0.339 e. The van der Waals surface area contributed by atoms with E-state index < -0.39 is 23.2 Å². The summed E-state index contributed by atoms with van der Waals surface area (Å²) in [5.41, 5.74) is -0.171. The van der Waals surface area contributed by atoms with E-state index in [-0.39, 0.29) is 11.1 Å². The van der Waals surface area contributed by atoms with Crippen LogP contribution in [0.3, 0.4) is 0 Å². The third kappa shape index (κ3) is 1.74. The fourth-order valence-corrected chi connectivity index (χ4v) is 2.38. The number of hydrogen-bond acceptors (Lipinski definition) is 4. The van der Waals surface area contributed by atoms with Crippen LogP contribution in [0.25, 0.3) is 0 Å². The molecule has 0 fully saturated rings. The average Bonchev–Trinajstić information content (AvgIpc) is 2.99. The molecular weight excluding hydrogens is 258 g/mol. The van der Waals surface area contributed by atoms with E-state index >= 15 is 0 Å². The highest BCUT2D eigenvalue weighted by Crippen LogP contribution is 2.35. The van der Waals surface area contributed by atoms with E-state index in [2.05, 4.69) is 0 Å². The molecule has 5 heteroatoms. The highest BCUT2D eigenvalue weighted by Gasteiger charge is 2.43. The van der Waals surface area contributed by atoms with E-state index in [1.807, 2.05) is 12.2 Å². The lowest BCUT2D eigenvalue weighted by Crippen LogP contribution is -2.38. The van der Waals surface area contributed by atoms with Crippen molar-refractivity contribution in [1.82, 2.24) is 5.06 Å². The van der Waals surface area contributed by atoms with Gasteiger partial charge in [0.1, 0.15) is 0 Å². The van der Waals surface area contributed by atoms with Crippen LogP contribution in [-0.2, 0) is 9.63 Å². The minimum Gasteiger partial charge on any atom is -0.329 e. The maximum absolute atomic E-state index is 12.2. The zero-order chi connectivity index (χ0) is 14.3. The van der Waals surface area contributed by atoms with Gasteiger partial charge in [0.25, 0.3) is 11.8 Å². The molecule has 0 N–H and O–H groups in total. The summed E-state index contributed by atoms with van der Waals surface area (Å²) >= 11 is 0. The second-order valence-electron chi connectivity index (χ2n) is 5.27. The zero-order valence-corrected chi connectivity index (χ0v) is 11.0. The molecule has 1 aliphatic heterocycles. The summed E-state index contributed by atoms with van der Waals surface area (Å²) in [7, 11) is 0. The normalized spacial score (nSPS) is 19.4. The lowest BCUT2D eigenvalue weighted by molar-refractivity contribution is -0.179. The Bertz CT molecular complexity index is 604. The number of carbonyl (C=O) groups excluding carboxylic acids is 3. The van der Waals surface area contributed by atoms with Gasteiger partial charge in [-0.3, -0.25) is 9.59 Å². The minimum atomic E-state index is -0.699. The third-order valence-corrected chi connectivity index (χ3v) is 3.73. The molecule has 0 saturated heterocycles. The molecule has 5 nitrogen and oxygen atoms in total. The molecule has 0 saturated carbocycles. The first-order valence-electron chi connectivity index (χ1n) is 6.38. The van der Waals surface area contributed by atoms with Crippen molar-refractivity contribution in [1.29, 1.82) is 0 Å². The van der Waals surface area contributed by atoms with Crippen LogP contribution < -0.4 is 0 Å². The Balaban J connectivity index is 1.82. The van der Waals surface area contributed by atoms with Gasteiger partial charge in [0, 0.05) is 0 Å². The van der Waals surface area contributed by atoms with Crippen LogP contribution in [0.5, 0.6) is 0 Å². The van der Waals surface area contributed by atoms with Gasteiger partial charge in [-0.25, -0.2) is 4.79 Å². The van der Waals surface area contributed by atoms with Crippen molar-refractivity contribution in [2.75, 3.05) is 0 Å². The molecule has 2 amide bonds. The van der Waals surface area contributed by atoms with Gasteiger partial charge >= 0.3 is 5.97 Å². The predicted octanol–water partition coefficient (Wildman–Crippen LogP) is 2.10. The first-order valence-corrected chi connectivity index (χ1v) is 6.38. The van der Waals surface area contributed by atoms with E-state index in [9.17, 15) is 14.4 Å². The summed E-state index contributed by atoms with van der Waals surface area (Å²) in [4.78, 5) is 41.4. The van der Waals surface area contributed by atoms with E-state index in [4.69, 9.17) is 4.84 Å². The molecule has 0 bridgehead atoms. The molecule has 0 radical (unpaired) electrons. The predicted molar refractivity (Wildman–Crippen MR) is 69.5 cm³/mol. The second-order valence-corrected chi connectivity index (χ2v) is 5.27. The van der Waals surface area contributed by atoms with Gasteiger partial charge in [0.15, 0.2) is 0 Å². The number of amides is 2. The molecular formula is C15H13NO4. The van der Waals surface area contributed by atoms with Gasteiger partial charge in [-0.2, -0.15) is 0 Å². The molecule has 3 rings (SSSR count). The molecule has 0 atom stereocenters. The standard InChI is InChI=1S/C15H13NO4/c1-15(8-4-5-9-15)14(19)20-16-12(17)10-6-2-3-7-11(10)13(16)18/h2-7H,8-9H2,1H3. The summed E-state index contributed by atoms with van der Waals surface area (Å²) in [5, 5.41) is 0.566. The lowest BCUT2D eigenvalue weighted by atomic mass is 9.88. The lowest BCUT2D eigenvalue weighted by Gasteiger charge is -2.23. The molecule has 0 spiro atoms. The molecule has 1 aliphatic carbocycles.